The Balaban J connectivity index is 1.49. The van der Waals surface area contributed by atoms with E-state index >= 15 is 0 Å². The maximum atomic E-state index is 13.5. The predicted octanol–water partition coefficient (Wildman–Crippen LogP) is 4.66. The minimum absolute atomic E-state index is 0.00351. The van der Waals surface area contributed by atoms with Gasteiger partial charge in [0.05, 0.1) is 25.9 Å². The van der Waals surface area contributed by atoms with E-state index in [4.69, 9.17) is 9.47 Å². The number of carbonyl (C=O) groups is 1. The number of hydrogen-bond donors (Lipinski definition) is 0. The lowest BCUT2D eigenvalue weighted by atomic mass is 9.98. The molecule has 1 fully saturated rings. The van der Waals surface area contributed by atoms with Crippen molar-refractivity contribution in [1.29, 1.82) is 0 Å². The molecule has 1 amide bonds. The van der Waals surface area contributed by atoms with Gasteiger partial charge in [0.15, 0.2) is 0 Å². The molecule has 3 aromatic rings. The number of rotatable bonds is 6. The van der Waals surface area contributed by atoms with Crippen LogP contribution in [0.25, 0.3) is 11.1 Å². The van der Waals surface area contributed by atoms with E-state index in [0.29, 0.717) is 26.4 Å². The standard InChI is InChI=1S/C25H25NO3/c27-25(24-14-8-7-13-23(24)20-9-3-1-4-10-20)26-16-18-28-19-21(26)15-17-29-22-11-5-2-6-12-22/h1-14,21H,15-19H2. The predicted molar refractivity (Wildman–Crippen MR) is 114 cm³/mol. The van der Waals surface area contributed by atoms with Gasteiger partial charge >= 0.3 is 0 Å². The van der Waals surface area contributed by atoms with Gasteiger partial charge in [0, 0.05) is 18.5 Å². The Morgan fingerprint density at radius 3 is 2.41 bits per heavy atom. The normalized spacial score (nSPS) is 16.4. The highest BCUT2D eigenvalue weighted by Gasteiger charge is 2.29. The van der Waals surface area contributed by atoms with Crippen molar-refractivity contribution in [3.8, 4) is 16.9 Å². The molecule has 0 aliphatic carbocycles. The third-order valence-electron chi connectivity index (χ3n) is 5.19. The van der Waals surface area contributed by atoms with Crippen LogP contribution in [0.15, 0.2) is 84.9 Å². The highest BCUT2D eigenvalue weighted by Crippen LogP contribution is 2.26. The number of benzene rings is 3. The van der Waals surface area contributed by atoms with Crippen LogP contribution in [0.4, 0.5) is 0 Å². The van der Waals surface area contributed by atoms with Gasteiger partial charge in [0.2, 0.25) is 0 Å². The van der Waals surface area contributed by atoms with Crippen LogP contribution >= 0.6 is 0 Å². The molecule has 0 radical (unpaired) electrons. The summed E-state index contributed by atoms with van der Waals surface area (Å²) in [6, 6.07) is 27.6. The van der Waals surface area contributed by atoms with E-state index < -0.39 is 0 Å². The lowest BCUT2D eigenvalue weighted by Gasteiger charge is -2.36. The molecular formula is C25H25NO3. The average Bonchev–Trinajstić information content (AvgIpc) is 2.80. The van der Waals surface area contributed by atoms with Crippen LogP contribution in [-0.2, 0) is 4.74 Å². The second-order valence-corrected chi connectivity index (χ2v) is 7.09. The Kier molecular flexibility index (Phi) is 6.22. The Morgan fingerprint density at radius 2 is 1.62 bits per heavy atom. The molecule has 4 nitrogen and oxygen atoms in total. The van der Waals surface area contributed by atoms with Gasteiger partial charge in [-0.1, -0.05) is 66.7 Å². The van der Waals surface area contributed by atoms with Gasteiger partial charge in [-0.2, -0.15) is 0 Å². The Labute approximate surface area is 171 Å². The Bertz CT molecular complexity index is 927. The molecule has 4 rings (SSSR count). The number of ether oxygens (including phenoxy) is 2. The summed E-state index contributed by atoms with van der Waals surface area (Å²) >= 11 is 0. The number of nitrogens with zero attached hydrogens (tertiary/aromatic N) is 1. The fourth-order valence-corrected chi connectivity index (χ4v) is 3.68. The monoisotopic (exact) mass is 387 g/mol. The molecule has 1 atom stereocenters. The summed E-state index contributed by atoms with van der Waals surface area (Å²) in [5.74, 6) is 0.897. The van der Waals surface area contributed by atoms with Crippen molar-refractivity contribution in [2.24, 2.45) is 0 Å². The van der Waals surface area contributed by atoms with Gasteiger partial charge < -0.3 is 14.4 Å². The first-order valence-corrected chi connectivity index (χ1v) is 10.0. The van der Waals surface area contributed by atoms with Crippen molar-refractivity contribution in [3.63, 3.8) is 0 Å². The first-order valence-electron chi connectivity index (χ1n) is 10.0. The fourth-order valence-electron chi connectivity index (χ4n) is 3.68. The van der Waals surface area contributed by atoms with Crippen LogP contribution < -0.4 is 4.74 Å². The van der Waals surface area contributed by atoms with E-state index in [-0.39, 0.29) is 11.9 Å². The molecule has 1 heterocycles. The summed E-state index contributed by atoms with van der Waals surface area (Å²) < 4.78 is 11.5. The maximum Gasteiger partial charge on any atom is 0.254 e. The fraction of sp³-hybridized carbons (Fsp3) is 0.240. The van der Waals surface area contributed by atoms with E-state index in [1.54, 1.807) is 0 Å². The third kappa shape index (κ3) is 4.66. The molecular weight excluding hydrogens is 362 g/mol. The van der Waals surface area contributed by atoms with E-state index in [0.717, 1.165) is 28.9 Å². The molecule has 1 unspecified atom stereocenters. The van der Waals surface area contributed by atoms with Gasteiger partial charge in [-0.15, -0.1) is 0 Å². The Morgan fingerprint density at radius 1 is 0.931 bits per heavy atom. The minimum atomic E-state index is 0.00351. The summed E-state index contributed by atoms with van der Waals surface area (Å²) in [6.45, 7) is 2.24. The van der Waals surface area contributed by atoms with E-state index in [1.807, 2.05) is 89.8 Å². The molecule has 29 heavy (non-hydrogen) atoms. The summed E-state index contributed by atoms with van der Waals surface area (Å²) in [5.41, 5.74) is 2.74. The van der Waals surface area contributed by atoms with Crippen molar-refractivity contribution >= 4 is 5.91 Å². The molecule has 1 aliphatic rings. The van der Waals surface area contributed by atoms with Crippen LogP contribution in [0.1, 0.15) is 16.8 Å². The highest BCUT2D eigenvalue weighted by atomic mass is 16.5. The van der Waals surface area contributed by atoms with Gasteiger partial charge in [-0.25, -0.2) is 0 Å². The van der Waals surface area contributed by atoms with Gasteiger partial charge in [-0.3, -0.25) is 4.79 Å². The van der Waals surface area contributed by atoms with E-state index in [2.05, 4.69) is 0 Å². The van der Waals surface area contributed by atoms with Gasteiger partial charge in [-0.05, 0) is 29.3 Å². The van der Waals surface area contributed by atoms with E-state index in [1.165, 1.54) is 0 Å². The van der Waals surface area contributed by atoms with E-state index in [9.17, 15) is 4.79 Å². The van der Waals surface area contributed by atoms with Crippen molar-refractivity contribution in [1.82, 2.24) is 4.90 Å². The highest BCUT2D eigenvalue weighted by molar-refractivity contribution is 6.01. The number of hydrogen-bond acceptors (Lipinski definition) is 3. The molecule has 1 aliphatic heterocycles. The van der Waals surface area contributed by atoms with Crippen molar-refractivity contribution in [3.05, 3.63) is 90.5 Å². The van der Waals surface area contributed by atoms with Gasteiger partial charge in [0.25, 0.3) is 5.91 Å². The zero-order valence-electron chi connectivity index (χ0n) is 16.4. The van der Waals surface area contributed by atoms with Crippen LogP contribution in [0, 0.1) is 0 Å². The first-order chi connectivity index (χ1) is 14.3. The molecule has 148 valence electrons. The molecule has 4 heteroatoms. The number of para-hydroxylation sites is 1. The molecule has 1 saturated heterocycles. The smallest absolute Gasteiger partial charge is 0.254 e. The lowest BCUT2D eigenvalue weighted by molar-refractivity contribution is -0.00738. The maximum absolute atomic E-state index is 13.5. The molecule has 3 aromatic carbocycles. The number of amides is 1. The second kappa shape index (κ2) is 9.39. The summed E-state index contributed by atoms with van der Waals surface area (Å²) in [7, 11) is 0. The van der Waals surface area contributed by atoms with Crippen LogP contribution in [0.2, 0.25) is 0 Å². The molecule has 0 spiro atoms. The molecule has 0 aromatic heterocycles. The molecule has 0 saturated carbocycles. The van der Waals surface area contributed by atoms with Crippen molar-refractivity contribution in [2.75, 3.05) is 26.4 Å². The SMILES string of the molecule is O=C(c1ccccc1-c1ccccc1)N1CCOCC1CCOc1ccccc1. The van der Waals surface area contributed by atoms with Gasteiger partial charge in [0.1, 0.15) is 5.75 Å². The Hall–Kier alpha value is -3.11. The number of morpholine rings is 1. The quantitative estimate of drug-likeness (QED) is 0.617. The van der Waals surface area contributed by atoms with Crippen LogP contribution in [-0.4, -0.2) is 43.2 Å². The average molecular weight is 387 g/mol. The summed E-state index contributed by atoms with van der Waals surface area (Å²) in [5, 5.41) is 0. The van der Waals surface area contributed by atoms with Crippen LogP contribution in [0.5, 0.6) is 5.75 Å². The van der Waals surface area contributed by atoms with Crippen LogP contribution in [0.3, 0.4) is 0 Å². The summed E-state index contributed by atoms with van der Waals surface area (Å²) in [4.78, 5) is 15.4. The largest absolute Gasteiger partial charge is 0.494 e. The summed E-state index contributed by atoms with van der Waals surface area (Å²) in [6.07, 6.45) is 0.730. The molecule has 0 bridgehead atoms. The third-order valence-corrected chi connectivity index (χ3v) is 5.19. The number of carbonyl (C=O) groups excluding carboxylic acids is 1. The second-order valence-electron chi connectivity index (χ2n) is 7.09. The topological polar surface area (TPSA) is 38.8 Å². The first kappa shape index (κ1) is 19.2. The van der Waals surface area contributed by atoms with Crippen molar-refractivity contribution in [2.45, 2.75) is 12.5 Å². The zero-order chi connectivity index (χ0) is 19.9. The lowest BCUT2D eigenvalue weighted by Crippen LogP contribution is -2.49. The molecule has 0 N–H and O–H groups in total. The zero-order valence-corrected chi connectivity index (χ0v) is 16.4. The van der Waals surface area contributed by atoms with Crippen molar-refractivity contribution < 1.29 is 14.3 Å². The minimum Gasteiger partial charge on any atom is -0.494 e.